The number of phenols is 1. The molecule has 1 atom stereocenters. The number of carbonyl (C=O) groups is 1. The molecule has 0 aliphatic heterocycles. The quantitative estimate of drug-likeness (QED) is 0.858. The maximum Gasteiger partial charge on any atom is 0.316 e. The molecular formula is C17H18O4. The van der Waals surface area contributed by atoms with Crippen molar-refractivity contribution in [2.75, 3.05) is 13.7 Å². The molecule has 0 aliphatic rings. The molecule has 0 amide bonds. The van der Waals surface area contributed by atoms with Gasteiger partial charge in [0.05, 0.1) is 7.11 Å². The zero-order chi connectivity index (χ0) is 15.2. The predicted molar refractivity (Wildman–Crippen MR) is 79.5 cm³/mol. The normalized spacial score (nSPS) is 11.7. The van der Waals surface area contributed by atoms with Gasteiger partial charge in [-0.25, -0.2) is 0 Å². The van der Waals surface area contributed by atoms with Gasteiger partial charge in [-0.05, 0) is 24.6 Å². The molecule has 0 bridgehead atoms. The SMILES string of the molecule is COC(=O)C(COc1ccccc1O)c1cccc(C)c1. The van der Waals surface area contributed by atoms with Gasteiger partial charge in [0.25, 0.3) is 0 Å². The second-order valence-corrected chi connectivity index (χ2v) is 4.77. The van der Waals surface area contributed by atoms with Crippen LogP contribution in [0.4, 0.5) is 0 Å². The number of ether oxygens (including phenoxy) is 2. The van der Waals surface area contributed by atoms with E-state index in [1.54, 1.807) is 18.2 Å². The Kier molecular flexibility index (Phi) is 4.82. The Morgan fingerprint density at radius 2 is 1.95 bits per heavy atom. The van der Waals surface area contributed by atoms with E-state index in [9.17, 15) is 9.90 Å². The lowest BCUT2D eigenvalue weighted by molar-refractivity contribution is -0.143. The first-order chi connectivity index (χ1) is 10.1. The van der Waals surface area contributed by atoms with E-state index in [1.165, 1.54) is 13.2 Å². The molecule has 2 rings (SSSR count). The number of hydrogen-bond donors (Lipinski definition) is 1. The van der Waals surface area contributed by atoms with Gasteiger partial charge in [-0.15, -0.1) is 0 Å². The number of carbonyl (C=O) groups excluding carboxylic acids is 1. The molecule has 1 unspecified atom stereocenters. The summed E-state index contributed by atoms with van der Waals surface area (Å²) in [6.07, 6.45) is 0. The van der Waals surface area contributed by atoms with Crippen molar-refractivity contribution in [2.45, 2.75) is 12.8 Å². The van der Waals surface area contributed by atoms with E-state index in [2.05, 4.69) is 0 Å². The highest BCUT2D eigenvalue weighted by Crippen LogP contribution is 2.27. The van der Waals surface area contributed by atoms with Gasteiger partial charge in [-0.3, -0.25) is 4.79 Å². The Bertz CT molecular complexity index is 622. The second kappa shape index (κ2) is 6.79. The first-order valence-corrected chi connectivity index (χ1v) is 6.67. The largest absolute Gasteiger partial charge is 0.504 e. The third kappa shape index (κ3) is 3.75. The van der Waals surface area contributed by atoms with Gasteiger partial charge in [0.15, 0.2) is 11.5 Å². The van der Waals surface area contributed by atoms with Crippen molar-refractivity contribution in [3.8, 4) is 11.5 Å². The van der Waals surface area contributed by atoms with Crippen LogP contribution in [0.15, 0.2) is 48.5 Å². The van der Waals surface area contributed by atoms with Crippen LogP contribution < -0.4 is 4.74 Å². The maximum absolute atomic E-state index is 12.0. The minimum atomic E-state index is -0.533. The van der Waals surface area contributed by atoms with Crippen molar-refractivity contribution >= 4 is 5.97 Å². The minimum absolute atomic E-state index is 0.0466. The lowest BCUT2D eigenvalue weighted by Crippen LogP contribution is -2.21. The summed E-state index contributed by atoms with van der Waals surface area (Å²) in [5.74, 6) is -0.505. The molecule has 2 aromatic carbocycles. The van der Waals surface area contributed by atoms with Crippen LogP contribution >= 0.6 is 0 Å². The summed E-state index contributed by atoms with van der Waals surface area (Å²) < 4.78 is 10.4. The molecule has 0 heterocycles. The fourth-order valence-corrected chi connectivity index (χ4v) is 2.08. The number of para-hydroxylation sites is 2. The van der Waals surface area contributed by atoms with Crippen LogP contribution in [0.25, 0.3) is 0 Å². The summed E-state index contributed by atoms with van der Waals surface area (Å²) >= 11 is 0. The molecule has 2 aromatic rings. The van der Waals surface area contributed by atoms with Crippen molar-refractivity contribution in [1.82, 2.24) is 0 Å². The van der Waals surface area contributed by atoms with Crippen LogP contribution in [0.5, 0.6) is 11.5 Å². The highest BCUT2D eigenvalue weighted by atomic mass is 16.5. The maximum atomic E-state index is 12.0. The van der Waals surface area contributed by atoms with Crippen molar-refractivity contribution < 1.29 is 19.4 Å². The molecule has 0 spiro atoms. The number of aryl methyl sites for hydroxylation is 1. The topological polar surface area (TPSA) is 55.8 Å². The van der Waals surface area contributed by atoms with Gasteiger partial charge in [-0.1, -0.05) is 42.0 Å². The number of methoxy groups -OCH3 is 1. The average Bonchev–Trinajstić information content (AvgIpc) is 2.49. The van der Waals surface area contributed by atoms with Crippen LogP contribution in [-0.2, 0) is 9.53 Å². The Labute approximate surface area is 123 Å². The Balaban J connectivity index is 2.18. The summed E-state index contributed by atoms with van der Waals surface area (Å²) in [6.45, 7) is 2.06. The third-order valence-corrected chi connectivity index (χ3v) is 3.20. The predicted octanol–water partition coefficient (Wildman–Crippen LogP) is 3.04. The number of esters is 1. The number of phenolic OH excluding ortho intramolecular Hbond substituents is 1. The fraction of sp³-hybridized carbons (Fsp3) is 0.235. The van der Waals surface area contributed by atoms with Gasteiger partial charge in [0, 0.05) is 0 Å². The molecule has 4 nitrogen and oxygen atoms in total. The van der Waals surface area contributed by atoms with Gasteiger partial charge in [0.2, 0.25) is 0 Å². The summed E-state index contributed by atoms with van der Waals surface area (Å²) in [7, 11) is 1.35. The minimum Gasteiger partial charge on any atom is -0.504 e. The van der Waals surface area contributed by atoms with Gasteiger partial charge < -0.3 is 14.6 Å². The van der Waals surface area contributed by atoms with E-state index < -0.39 is 5.92 Å². The molecule has 0 fully saturated rings. The highest BCUT2D eigenvalue weighted by Gasteiger charge is 2.23. The first kappa shape index (κ1) is 14.9. The Morgan fingerprint density at radius 3 is 2.62 bits per heavy atom. The Morgan fingerprint density at radius 1 is 1.19 bits per heavy atom. The zero-order valence-corrected chi connectivity index (χ0v) is 12.1. The first-order valence-electron chi connectivity index (χ1n) is 6.67. The average molecular weight is 286 g/mol. The molecule has 1 N–H and O–H groups in total. The van der Waals surface area contributed by atoms with Gasteiger partial charge in [0.1, 0.15) is 12.5 Å². The van der Waals surface area contributed by atoms with E-state index in [-0.39, 0.29) is 18.3 Å². The standard InChI is InChI=1S/C17H18O4/c1-12-6-5-7-13(10-12)14(17(19)20-2)11-21-16-9-4-3-8-15(16)18/h3-10,14,18H,11H2,1-2H3. The third-order valence-electron chi connectivity index (χ3n) is 3.20. The van der Waals surface area contributed by atoms with Crippen LogP contribution in [0.3, 0.4) is 0 Å². The molecule has 110 valence electrons. The highest BCUT2D eigenvalue weighted by molar-refractivity contribution is 5.78. The van der Waals surface area contributed by atoms with Gasteiger partial charge >= 0.3 is 5.97 Å². The molecular weight excluding hydrogens is 268 g/mol. The number of rotatable bonds is 5. The van der Waals surface area contributed by atoms with E-state index >= 15 is 0 Å². The second-order valence-electron chi connectivity index (χ2n) is 4.77. The lowest BCUT2D eigenvalue weighted by Gasteiger charge is -2.17. The van der Waals surface area contributed by atoms with Crippen LogP contribution in [0.1, 0.15) is 17.0 Å². The number of aromatic hydroxyl groups is 1. The van der Waals surface area contributed by atoms with Crippen LogP contribution in [-0.4, -0.2) is 24.8 Å². The summed E-state index contributed by atoms with van der Waals surface area (Å²) in [5, 5.41) is 9.69. The molecule has 0 aromatic heterocycles. The smallest absolute Gasteiger partial charge is 0.316 e. The van der Waals surface area contributed by atoms with Crippen molar-refractivity contribution in [2.24, 2.45) is 0 Å². The zero-order valence-electron chi connectivity index (χ0n) is 12.1. The summed E-state index contributed by atoms with van der Waals surface area (Å²) in [6, 6.07) is 14.3. The number of hydrogen-bond acceptors (Lipinski definition) is 4. The summed E-state index contributed by atoms with van der Waals surface area (Å²) in [5.41, 5.74) is 1.89. The molecule has 4 heteroatoms. The van der Waals surface area contributed by atoms with Crippen molar-refractivity contribution in [3.05, 3.63) is 59.7 Å². The van der Waals surface area contributed by atoms with Crippen molar-refractivity contribution in [3.63, 3.8) is 0 Å². The van der Waals surface area contributed by atoms with Crippen molar-refractivity contribution in [1.29, 1.82) is 0 Å². The van der Waals surface area contributed by atoms with Crippen LogP contribution in [0, 0.1) is 6.92 Å². The van der Waals surface area contributed by atoms with Crippen LogP contribution in [0.2, 0.25) is 0 Å². The monoisotopic (exact) mass is 286 g/mol. The summed E-state index contributed by atoms with van der Waals surface area (Å²) in [4.78, 5) is 12.0. The molecule has 0 saturated carbocycles. The number of benzene rings is 2. The van der Waals surface area contributed by atoms with E-state index in [4.69, 9.17) is 9.47 Å². The van der Waals surface area contributed by atoms with E-state index in [0.29, 0.717) is 5.75 Å². The fourth-order valence-electron chi connectivity index (χ4n) is 2.08. The van der Waals surface area contributed by atoms with E-state index in [1.807, 2.05) is 31.2 Å². The molecule has 21 heavy (non-hydrogen) atoms. The van der Waals surface area contributed by atoms with Gasteiger partial charge in [-0.2, -0.15) is 0 Å². The Hall–Kier alpha value is -2.49. The van der Waals surface area contributed by atoms with E-state index in [0.717, 1.165) is 11.1 Å². The molecule has 0 radical (unpaired) electrons. The lowest BCUT2D eigenvalue weighted by atomic mass is 9.98. The molecule has 0 saturated heterocycles. The molecule has 0 aliphatic carbocycles.